The van der Waals surface area contributed by atoms with Gasteiger partial charge in [-0.3, -0.25) is 14.4 Å². The average Bonchev–Trinajstić information content (AvgIpc) is 2.58. The largest absolute Gasteiger partial charge is 0.508 e. The van der Waals surface area contributed by atoms with Gasteiger partial charge in [-0.2, -0.15) is 11.8 Å². The maximum atomic E-state index is 12.2. The molecular weight excluding hydrogens is 346 g/mol. The highest BCUT2D eigenvalue weighted by atomic mass is 32.2. The Bertz CT molecular complexity index is 594. The lowest BCUT2D eigenvalue weighted by Gasteiger charge is -2.20. The van der Waals surface area contributed by atoms with Crippen LogP contribution < -0.4 is 16.4 Å². The topological polar surface area (TPSA) is 142 Å². The number of carbonyl (C=O) groups excluding carboxylic acids is 2. The second-order valence-electron chi connectivity index (χ2n) is 5.43. The molecule has 1 aromatic carbocycles. The second kappa shape index (κ2) is 10.6. The molecule has 0 saturated heterocycles. The van der Waals surface area contributed by atoms with Crippen LogP contribution in [-0.2, 0) is 20.8 Å². The van der Waals surface area contributed by atoms with E-state index in [1.807, 2.05) is 6.26 Å². The molecule has 0 fully saturated rings. The summed E-state index contributed by atoms with van der Waals surface area (Å²) < 4.78 is 0. The Balaban J connectivity index is 2.79. The van der Waals surface area contributed by atoms with Crippen molar-refractivity contribution in [2.75, 3.05) is 18.6 Å². The Kier molecular flexibility index (Phi) is 8.79. The molecule has 0 aliphatic rings. The van der Waals surface area contributed by atoms with Crippen molar-refractivity contribution >= 4 is 29.5 Å². The molecule has 0 heterocycles. The fourth-order valence-electron chi connectivity index (χ4n) is 2.02. The van der Waals surface area contributed by atoms with Crippen molar-refractivity contribution < 1.29 is 24.6 Å². The molecule has 2 atom stereocenters. The first kappa shape index (κ1) is 20.8. The maximum absolute atomic E-state index is 12.2. The van der Waals surface area contributed by atoms with Crippen LogP contribution in [0.3, 0.4) is 0 Å². The van der Waals surface area contributed by atoms with Gasteiger partial charge in [0.15, 0.2) is 0 Å². The van der Waals surface area contributed by atoms with Gasteiger partial charge in [-0.05, 0) is 36.1 Å². The predicted molar refractivity (Wildman–Crippen MR) is 95.4 cm³/mol. The van der Waals surface area contributed by atoms with E-state index in [2.05, 4.69) is 10.6 Å². The highest BCUT2D eigenvalue weighted by Crippen LogP contribution is 2.11. The number of hydrogen-bond acceptors (Lipinski definition) is 6. The molecule has 6 N–H and O–H groups in total. The Morgan fingerprint density at radius 1 is 1.20 bits per heavy atom. The molecule has 0 aliphatic heterocycles. The number of thioether (sulfide) groups is 1. The zero-order valence-electron chi connectivity index (χ0n) is 13.9. The summed E-state index contributed by atoms with van der Waals surface area (Å²) in [5.41, 5.74) is 6.50. The summed E-state index contributed by atoms with van der Waals surface area (Å²) in [7, 11) is 0. The number of carbonyl (C=O) groups is 3. The summed E-state index contributed by atoms with van der Waals surface area (Å²) in [5, 5.41) is 22.8. The van der Waals surface area contributed by atoms with Crippen molar-refractivity contribution in [1.82, 2.24) is 10.6 Å². The van der Waals surface area contributed by atoms with Crippen LogP contribution in [-0.4, -0.2) is 58.6 Å². The minimum atomic E-state index is -1.18. The molecule has 0 radical (unpaired) electrons. The Labute approximate surface area is 150 Å². The van der Waals surface area contributed by atoms with E-state index in [1.165, 1.54) is 12.1 Å². The molecule has 1 rings (SSSR count). The van der Waals surface area contributed by atoms with Gasteiger partial charge in [0.25, 0.3) is 0 Å². The summed E-state index contributed by atoms with van der Waals surface area (Å²) >= 11 is 1.56. The molecule has 9 heteroatoms. The smallest absolute Gasteiger partial charge is 0.322 e. The fourth-order valence-corrected chi connectivity index (χ4v) is 2.51. The number of nitrogens with one attached hydrogen (secondary N) is 2. The number of nitrogens with two attached hydrogens (primary N) is 1. The summed E-state index contributed by atoms with van der Waals surface area (Å²) in [6.45, 7) is -0.542. The summed E-state index contributed by atoms with van der Waals surface area (Å²) in [5.74, 6) is -1.47. The van der Waals surface area contributed by atoms with Crippen molar-refractivity contribution in [3.05, 3.63) is 29.8 Å². The Morgan fingerprint density at radius 3 is 2.40 bits per heavy atom. The second-order valence-corrected chi connectivity index (χ2v) is 6.42. The quantitative estimate of drug-likeness (QED) is 0.381. The van der Waals surface area contributed by atoms with Crippen LogP contribution in [0.2, 0.25) is 0 Å². The third kappa shape index (κ3) is 7.90. The zero-order chi connectivity index (χ0) is 18.8. The number of phenolic OH excluding ortho intramolecular Hbond substituents is 1. The molecule has 2 amide bonds. The molecule has 0 unspecified atom stereocenters. The standard InChI is InChI=1S/C16H23N3O5S/c1-25-7-6-12(17)15(23)19-13(16(24)18-9-14(21)22)8-10-2-4-11(20)5-3-10/h2-5,12-13,20H,6-9,17H2,1H3,(H,18,24)(H,19,23)(H,21,22)/t12-,13-/m0/s1. The van der Waals surface area contributed by atoms with Gasteiger partial charge >= 0.3 is 5.97 Å². The van der Waals surface area contributed by atoms with Crippen LogP contribution in [0.1, 0.15) is 12.0 Å². The molecular formula is C16H23N3O5S. The van der Waals surface area contributed by atoms with Gasteiger partial charge < -0.3 is 26.6 Å². The predicted octanol–water partition coefficient (Wildman–Crippen LogP) is -0.299. The van der Waals surface area contributed by atoms with Gasteiger partial charge in [0.05, 0.1) is 6.04 Å². The Hall–Kier alpha value is -2.26. The van der Waals surface area contributed by atoms with Crippen molar-refractivity contribution in [2.45, 2.75) is 24.9 Å². The highest BCUT2D eigenvalue weighted by molar-refractivity contribution is 7.98. The van der Waals surface area contributed by atoms with Gasteiger partial charge in [0, 0.05) is 6.42 Å². The van der Waals surface area contributed by atoms with E-state index < -0.39 is 36.4 Å². The number of benzene rings is 1. The van der Waals surface area contributed by atoms with E-state index in [0.717, 1.165) is 0 Å². The van der Waals surface area contributed by atoms with Gasteiger partial charge in [-0.15, -0.1) is 0 Å². The van der Waals surface area contributed by atoms with E-state index in [1.54, 1.807) is 23.9 Å². The number of aromatic hydroxyl groups is 1. The number of carboxylic acid groups (broad SMARTS) is 1. The summed E-state index contributed by atoms with van der Waals surface area (Å²) in [6, 6.07) is 4.46. The third-order valence-electron chi connectivity index (χ3n) is 3.39. The molecule has 138 valence electrons. The van der Waals surface area contributed by atoms with Crippen molar-refractivity contribution in [3.63, 3.8) is 0 Å². The minimum absolute atomic E-state index is 0.0822. The highest BCUT2D eigenvalue weighted by Gasteiger charge is 2.24. The van der Waals surface area contributed by atoms with Gasteiger partial charge in [0.2, 0.25) is 11.8 Å². The third-order valence-corrected chi connectivity index (χ3v) is 4.04. The fraction of sp³-hybridized carbons (Fsp3) is 0.438. The minimum Gasteiger partial charge on any atom is -0.508 e. The van der Waals surface area contributed by atoms with Crippen LogP contribution in [0, 0.1) is 0 Å². The van der Waals surface area contributed by atoms with E-state index in [0.29, 0.717) is 17.7 Å². The molecule has 25 heavy (non-hydrogen) atoms. The number of aliphatic carboxylic acids is 1. The lowest BCUT2D eigenvalue weighted by atomic mass is 10.0. The molecule has 1 aromatic rings. The summed E-state index contributed by atoms with van der Waals surface area (Å²) in [4.78, 5) is 35.0. The zero-order valence-corrected chi connectivity index (χ0v) is 14.7. The molecule has 0 spiro atoms. The van der Waals surface area contributed by atoms with Crippen LogP contribution in [0.25, 0.3) is 0 Å². The molecule has 0 bridgehead atoms. The number of amides is 2. The molecule has 0 aromatic heterocycles. The van der Waals surface area contributed by atoms with E-state index in [4.69, 9.17) is 10.8 Å². The number of phenols is 1. The van der Waals surface area contributed by atoms with Gasteiger partial charge in [0.1, 0.15) is 18.3 Å². The molecule has 0 aliphatic carbocycles. The van der Waals surface area contributed by atoms with Crippen molar-refractivity contribution in [1.29, 1.82) is 0 Å². The summed E-state index contributed by atoms with van der Waals surface area (Å²) in [6.07, 6.45) is 2.51. The van der Waals surface area contributed by atoms with Crippen LogP contribution >= 0.6 is 11.8 Å². The maximum Gasteiger partial charge on any atom is 0.322 e. The monoisotopic (exact) mass is 369 g/mol. The number of hydrogen-bond donors (Lipinski definition) is 5. The SMILES string of the molecule is CSCC[C@H](N)C(=O)N[C@@H](Cc1ccc(O)cc1)C(=O)NCC(=O)O. The van der Waals surface area contributed by atoms with E-state index >= 15 is 0 Å². The number of rotatable bonds is 10. The van der Waals surface area contributed by atoms with Crippen molar-refractivity contribution in [2.24, 2.45) is 5.73 Å². The average molecular weight is 369 g/mol. The normalized spacial score (nSPS) is 12.9. The molecule has 0 saturated carbocycles. The van der Waals surface area contributed by atoms with Gasteiger partial charge in [-0.1, -0.05) is 12.1 Å². The molecule has 8 nitrogen and oxygen atoms in total. The van der Waals surface area contributed by atoms with Gasteiger partial charge in [-0.25, -0.2) is 0 Å². The lowest BCUT2D eigenvalue weighted by molar-refractivity contribution is -0.138. The lowest BCUT2D eigenvalue weighted by Crippen LogP contribution is -2.53. The number of carboxylic acids is 1. The van der Waals surface area contributed by atoms with Crippen LogP contribution in [0.4, 0.5) is 0 Å². The van der Waals surface area contributed by atoms with E-state index in [-0.39, 0.29) is 12.2 Å². The van der Waals surface area contributed by atoms with E-state index in [9.17, 15) is 19.5 Å². The van der Waals surface area contributed by atoms with Crippen molar-refractivity contribution in [3.8, 4) is 5.75 Å². The first-order chi connectivity index (χ1) is 11.8. The van der Waals surface area contributed by atoms with Crippen LogP contribution in [0.5, 0.6) is 5.75 Å². The Morgan fingerprint density at radius 2 is 1.84 bits per heavy atom. The van der Waals surface area contributed by atoms with Crippen LogP contribution in [0.15, 0.2) is 24.3 Å². The first-order valence-corrected chi connectivity index (χ1v) is 9.05. The first-order valence-electron chi connectivity index (χ1n) is 7.65.